The van der Waals surface area contributed by atoms with Crippen LogP contribution in [0.25, 0.3) is 11.6 Å². The average Bonchev–Trinajstić information content (AvgIpc) is 3.12. The van der Waals surface area contributed by atoms with Crippen LogP contribution in [0.4, 0.5) is 0 Å². The molecule has 0 spiro atoms. The summed E-state index contributed by atoms with van der Waals surface area (Å²) in [6.07, 6.45) is 0. The molecule has 4 nitrogen and oxygen atoms in total. The second kappa shape index (κ2) is 6.93. The number of furan rings is 1. The summed E-state index contributed by atoms with van der Waals surface area (Å²) in [4.78, 5) is 0. The van der Waals surface area contributed by atoms with Crippen LogP contribution < -0.4 is 0 Å². The molecule has 0 radical (unpaired) electrons. The van der Waals surface area contributed by atoms with E-state index in [1.165, 1.54) is 11.1 Å². The molecule has 2 heterocycles. The molecule has 120 valence electrons. The van der Waals surface area contributed by atoms with E-state index in [1.54, 1.807) is 11.8 Å². The number of benzene rings is 1. The molecule has 0 aliphatic heterocycles. The fourth-order valence-corrected chi connectivity index (χ4v) is 3.81. The van der Waals surface area contributed by atoms with Crippen LogP contribution >= 0.6 is 27.7 Å². The maximum atomic E-state index is 5.64. The van der Waals surface area contributed by atoms with Crippen molar-refractivity contribution in [1.29, 1.82) is 0 Å². The molecule has 1 aromatic carbocycles. The zero-order valence-electron chi connectivity index (χ0n) is 13.3. The van der Waals surface area contributed by atoms with Crippen LogP contribution in [0, 0.1) is 6.92 Å². The lowest BCUT2D eigenvalue weighted by Crippen LogP contribution is -2.05. The van der Waals surface area contributed by atoms with E-state index in [2.05, 4.69) is 75.7 Å². The number of hydrogen-bond acceptors (Lipinski definition) is 4. The predicted octanol–water partition coefficient (Wildman–Crippen LogP) is 5.48. The van der Waals surface area contributed by atoms with Gasteiger partial charge in [-0.25, -0.2) is 0 Å². The fourth-order valence-electron chi connectivity index (χ4n) is 2.36. The van der Waals surface area contributed by atoms with Crippen molar-refractivity contribution in [3.8, 4) is 11.6 Å². The highest BCUT2D eigenvalue weighted by atomic mass is 79.9. The summed E-state index contributed by atoms with van der Waals surface area (Å²) >= 11 is 5.04. The van der Waals surface area contributed by atoms with Crippen molar-refractivity contribution in [2.24, 2.45) is 0 Å². The minimum absolute atomic E-state index is 0.253. The molecule has 2 aromatic heterocycles. The van der Waals surface area contributed by atoms with Gasteiger partial charge in [0.25, 0.3) is 0 Å². The second-order valence-electron chi connectivity index (χ2n) is 5.59. The van der Waals surface area contributed by atoms with E-state index in [9.17, 15) is 0 Å². The first-order valence-corrected chi connectivity index (χ1v) is 9.22. The van der Waals surface area contributed by atoms with Crippen molar-refractivity contribution in [3.63, 3.8) is 0 Å². The molecule has 0 fully saturated rings. The lowest BCUT2D eigenvalue weighted by molar-refractivity contribution is 0.519. The number of rotatable bonds is 5. The van der Waals surface area contributed by atoms with Crippen molar-refractivity contribution < 1.29 is 4.42 Å². The average molecular weight is 392 g/mol. The van der Waals surface area contributed by atoms with Crippen molar-refractivity contribution in [2.75, 3.05) is 0 Å². The zero-order chi connectivity index (χ0) is 16.4. The highest BCUT2D eigenvalue weighted by molar-refractivity contribution is 9.10. The fraction of sp³-hybridized carbons (Fsp3) is 0.294. The van der Waals surface area contributed by atoms with E-state index in [0.717, 1.165) is 22.5 Å². The summed E-state index contributed by atoms with van der Waals surface area (Å²) in [6.45, 7) is 6.39. The number of thioether (sulfide) groups is 1. The van der Waals surface area contributed by atoms with E-state index in [-0.39, 0.29) is 6.04 Å². The van der Waals surface area contributed by atoms with Gasteiger partial charge in [-0.05, 0) is 60.0 Å². The molecule has 6 heteroatoms. The Balaban J connectivity index is 1.88. The van der Waals surface area contributed by atoms with Gasteiger partial charge in [0, 0.05) is 11.8 Å². The summed E-state index contributed by atoms with van der Waals surface area (Å²) < 4.78 is 8.45. The molecule has 0 aliphatic rings. The van der Waals surface area contributed by atoms with Crippen LogP contribution in [-0.4, -0.2) is 14.8 Å². The number of hydrogen-bond donors (Lipinski definition) is 0. The first kappa shape index (κ1) is 16.3. The maximum absolute atomic E-state index is 5.64. The van der Waals surface area contributed by atoms with Crippen molar-refractivity contribution in [3.05, 3.63) is 52.2 Å². The van der Waals surface area contributed by atoms with Crippen LogP contribution in [0.15, 0.2) is 50.6 Å². The minimum Gasteiger partial charge on any atom is -0.446 e. The molecule has 0 saturated carbocycles. The Labute approximate surface area is 148 Å². The summed E-state index contributed by atoms with van der Waals surface area (Å²) in [6, 6.07) is 12.5. The number of nitrogens with zero attached hydrogens (tertiary/aromatic N) is 3. The normalized spacial score (nSPS) is 11.3. The van der Waals surface area contributed by atoms with Crippen LogP contribution in [0.2, 0.25) is 0 Å². The number of aromatic nitrogens is 3. The molecular formula is C17H18BrN3OS. The Morgan fingerprint density at radius 1 is 1.17 bits per heavy atom. The van der Waals surface area contributed by atoms with Gasteiger partial charge >= 0.3 is 0 Å². The SMILES string of the molecule is Cc1ccccc1CSc1nnc(-c2ccc(Br)o2)n1C(C)C. The Kier molecular flexibility index (Phi) is 4.92. The van der Waals surface area contributed by atoms with Gasteiger partial charge in [-0.3, -0.25) is 4.57 Å². The lowest BCUT2D eigenvalue weighted by atomic mass is 10.1. The predicted molar refractivity (Wildman–Crippen MR) is 96.5 cm³/mol. The van der Waals surface area contributed by atoms with Gasteiger partial charge in [-0.2, -0.15) is 0 Å². The zero-order valence-corrected chi connectivity index (χ0v) is 15.7. The lowest BCUT2D eigenvalue weighted by Gasteiger charge is -2.13. The molecule has 23 heavy (non-hydrogen) atoms. The molecule has 0 atom stereocenters. The van der Waals surface area contributed by atoms with E-state index in [4.69, 9.17) is 4.42 Å². The van der Waals surface area contributed by atoms with Gasteiger partial charge < -0.3 is 4.42 Å². The molecule has 0 N–H and O–H groups in total. The van der Waals surface area contributed by atoms with Gasteiger partial charge in [0.05, 0.1) is 0 Å². The molecule has 0 saturated heterocycles. The molecule has 3 rings (SSSR count). The first-order valence-electron chi connectivity index (χ1n) is 7.44. The summed E-state index contributed by atoms with van der Waals surface area (Å²) in [5, 5.41) is 9.61. The summed E-state index contributed by atoms with van der Waals surface area (Å²) in [5.74, 6) is 2.36. The monoisotopic (exact) mass is 391 g/mol. The minimum atomic E-state index is 0.253. The highest BCUT2D eigenvalue weighted by Crippen LogP contribution is 2.31. The molecule has 0 unspecified atom stereocenters. The smallest absolute Gasteiger partial charge is 0.200 e. The van der Waals surface area contributed by atoms with Gasteiger partial charge in [0.2, 0.25) is 5.82 Å². The third-order valence-electron chi connectivity index (χ3n) is 3.59. The van der Waals surface area contributed by atoms with E-state index in [0.29, 0.717) is 4.67 Å². The van der Waals surface area contributed by atoms with Crippen LogP contribution in [0.1, 0.15) is 31.0 Å². The van der Waals surface area contributed by atoms with Crippen molar-refractivity contribution in [2.45, 2.75) is 37.7 Å². The van der Waals surface area contributed by atoms with Gasteiger partial charge in [0.15, 0.2) is 15.6 Å². The second-order valence-corrected chi connectivity index (χ2v) is 7.31. The quantitative estimate of drug-likeness (QED) is 0.539. The van der Waals surface area contributed by atoms with Crippen LogP contribution in [0.5, 0.6) is 0 Å². The molecule has 3 aromatic rings. The van der Waals surface area contributed by atoms with Crippen molar-refractivity contribution in [1.82, 2.24) is 14.8 Å². The standard InChI is InChI=1S/C17H18BrN3OS/c1-11(2)21-16(14-8-9-15(18)22-14)19-20-17(21)23-10-13-7-5-4-6-12(13)3/h4-9,11H,10H2,1-3H3. The topological polar surface area (TPSA) is 43.9 Å². The Hall–Kier alpha value is -1.53. The molecular weight excluding hydrogens is 374 g/mol. The number of aryl methyl sites for hydroxylation is 1. The van der Waals surface area contributed by atoms with Crippen molar-refractivity contribution >= 4 is 27.7 Å². The van der Waals surface area contributed by atoms with E-state index in [1.807, 2.05) is 12.1 Å². The first-order chi connectivity index (χ1) is 11.1. The Morgan fingerprint density at radius 2 is 1.96 bits per heavy atom. The molecule has 0 amide bonds. The van der Waals surface area contributed by atoms with E-state index < -0.39 is 0 Å². The largest absolute Gasteiger partial charge is 0.446 e. The molecule has 0 aliphatic carbocycles. The highest BCUT2D eigenvalue weighted by Gasteiger charge is 2.19. The molecule has 0 bridgehead atoms. The summed E-state index contributed by atoms with van der Waals surface area (Å²) in [7, 11) is 0. The Bertz CT molecular complexity index is 810. The van der Waals surface area contributed by atoms with Gasteiger partial charge in [0.1, 0.15) is 0 Å². The van der Waals surface area contributed by atoms with Crippen LogP contribution in [0.3, 0.4) is 0 Å². The maximum Gasteiger partial charge on any atom is 0.200 e. The third kappa shape index (κ3) is 3.53. The Morgan fingerprint density at radius 3 is 2.61 bits per heavy atom. The van der Waals surface area contributed by atoms with Gasteiger partial charge in [-0.15, -0.1) is 10.2 Å². The van der Waals surface area contributed by atoms with Gasteiger partial charge in [-0.1, -0.05) is 36.0 Å². The summed E-state index contributed by atoms with van der Waals surface area (Å²) in [5.41, 5.74) is 2.61. The number of halogens is 1. The van der Waals surface area contributed by atoms with E-state index >= 15 is 0 Å². The third-order valence-corrected chi connectivity index (χ3v) is 5.01. The van der Waals surface area contributed by atoms with Crippen LogP contribution in [-0.2, 0) is 5.75 Å².